The average molecular weight is 149 g/mol. The van der Waals surface area contributed by atoms with Crippen molar-refractivity contribution < 1.29 is 0 Å². The lowest BCUT2D eigenvalue weighted by Crippen LogP contribution is -2.31. The van der Waals surface area contributed by atoms with Crippen LogP contribution < -0.4 is 5.73 Å². The number of rotatable bonds is 2. The van der Waals surface area contributed by atoms with Crippen LogP contribution in [-0.4, -0.2) is 0 Å². The lowest BCUT2D eigenvalue weighted by Gasteiger charge is -2.22. The van der Waals surface area contributed by atoms with Gasteiger partial charge in [0.15, 0.2) is 0 Å². The fourth-order valence-corrected chi connectivity index (χ4v) is 1.02. The Labute approximate surface area is 68.2 Å². The van der Waals surface area contributed by atoms with Crippen molar-refractivity contribution in [3.05, 3.63) is 35.9 Å². The topological polar surface area (TPSA) is 26.0 Å². The van der Waals surface area contributed by atoms with E-state index in [4.69, 9.17) is 5.73 Å². The van der Waals surface area contributed by atoms with E-state index in [0.717, 1.165) is 6.42 Å². The molecular formula is C10H15N. The van der Waals surface area contributed by atoms with E-state index >= 15 is 0 Å². The maximum atomic E-state index is 6.04. The summed E-state index contributed by atoms with van der Waals surface area (Å²) in [7, 11) is 0. The Hall–Kier alpha value is -0.820. The van der Waals surface area contributed by atoms with Crippen LogP contribution in [0.3, 0.4) is 0 Å². The van der Waals surface area contributed by atoms with Crippen LogP contribution in [0.4, 0.5) is 0 Å². The molecule has 2 N–H and O–H groups in total. The van der Waals surface area contributed by atoms with Gasteiger partial charge in [0.25, 0.3) is 0 Å². The highest BCUT2D eigenvalue weighted by Crippen LogP contribution is 2.19. The second kappa shape index (κ2) is 3.05. The second-order valence-corrected chi connectivity index (χ2v) is 3.14. The lowest BCUT2D eigenvalue weighted by atomic mass is 9.91. The van der Waals surface area contributed by atoms with E-state index in [1.54, 1.807) is 0 Å². The minimum absolute atomic E-state index is 0.165. The molecule has 0 spiro atoms. The predicted molar refractivity (Wildman–Crippen MR) is 48.3 cm³/mol. The van der Waals surface area contributed by atoms with Crippen molar-refractivity contribution in [3.63, 3.8) is 0 Å². The van der Waals surface area contributed by atoms with Crippen LogP contribution in [0, 0.1) is 0 Å². The molecule has 1 heteroatoms. The number of hydrogen-bond acceptors (Lipinski definition) is 1. The first kappa shape index (κ1) is 8.28. The summed E-state index contributed by atoms with van der Waals surface area (Å²) < 4.78 is 0. The van der Waals surface area contributed by atoms with Crippen LogP contribution in [0.5, 0.6) is 0 Å². The maximum absolute atomic E-state index is 6.04. The number of hydrogen-bond donors (Lipinski definition) is 1. The first-order valence-corrected chi connectivity index (χ1v) is 4.01. The third-order valence-corrected chi connectivity index (χ3v) is 2.17. The van der Waals surface area contributed by atoms with E-state index in [2.05, 4.69) is 26.0 Å². The van der Waals surface area contributed by atoms with Gasteiger partial charge in [0.1, 0.15) is 0 Å². The highest BCUT2D eigenvalue weighted by molar-refractivity contribution is 5.22. The fraction of sp³-hybridized carbons (Fsp3) is 0.400. The third kappa shape index (κ3) is 1.81. The molecule has 60 valence electrons. The normalized spacial score (nSPS) is 15.9. The van der Waals surface area contributed by atoms with Gasteiger partial charge in [0, 0.05) is 5.54 Å². The SMILES string of the molecule is CCC(C)(N)c1ccccc1. The molecular weight excluding hydrogens is 134 g/mol. The summed E-state index contributed by atoms with van der Waals surface area (Å²) in [6.45, 7) is 4.16. The van der Waals surface area contributed by atoms with Crippen LogP contribution in [0.2, 0.25) is 0 Å². The minimum Gasteiger partial charge on any atom is -0.322 e. The van der Waals surface area contributed by atoms with Crippen LogP contribution in [0.1, 0.15) is 25.8 Å². The standard InChI is InChI=1S/C10H15N/c1-3-10(2,11)9-7-5-4-6-8-9/h4-8H,3,11H2,1-2H3. The monoisotopic (exact) mass is 149 g/mol. The third-order valence-electron chi connectivity index (χ3n) is 2.17. The first-order chi connectivity index (χ1) is 5.17. The summed E-state index contributed by atoms with van der Waals surface area (Å²) in [5, 5.41) is 0. The van der Waals surface area contributed by atoms with Gasteiger partial charge in [-0.15, -0.1) is 0 Å². The molecule has 0 aliphatic carbocycles. The maximum Gasteiger partial charge on any atom is 0.0378 e. The summed E-state index contributed by atoms with van der Waals surface area (Å²) in [5.74, 6) is 0. The molecule has 0 heterocycles. The van der Waals surface area contributed by atoms with Gasteiger partial charge in [-0.3, -0.25) is 0 Å². The van der Waals surface area contributed by atoms with Gasteiger partial charge in [0.2, 0.25) is 0 Å². The Morgan fingerprint density at radius 2 is 1.82 bits per heavy atom. The van der Waals surface area contributed by atoms with E-state index in [9.17, 15) is 0 Å². The Bertz CT molecular complexity index is 214. The zero-order valence-corrected chi connectivity index (χ0v) is 7.17. The van der Waals surface area contributed by atoms with Gasteiger partial charge in [-0.1, -0.05) is 37.3 Å². The predicted octanol–water partition coefficient (Wildman–Crippen LogP) is 2.27. The highest BCUT2D eigenvalue weighted by Gasteiger charge is 2.16. The lowest BCUT2D eigenvalue weighted by molar-refractivity contribution is 0.476. The molecule has 0 saturated carbocycles. The molecule has 11 heavy (non-hydrogen) atoms. The van der Waals surface area contributed by atoms with Crippen LogP contribution in [0.15, 0.2) is 30.3 Å². The van der Waals surface area contributed by atoms with Gasteiger partial charge in [-0.25, -0.2) is 0 Å². The van der Waals surface area contributed by atoms with Crippen molar-refractivity contribution >= 4 is 0 Å². The van der Waals surface area contributed by atoms with E-state index in [1.165, 1.54) is 5.56 Å². The smallest absolute Gasteiger partial charge is 0.0378 e. The molecule has 1 aromatic carbocycles. The highest BCUT2D eigenvalue weighted by atomic mass is 14.7. The second-order valence-electron chi connectivity index (χ2n) is 3.14. The van der Waals surface area contributed by atoms with Crippen molar-refractivity contribution in [1.29, 1.82) is 0 Å². The Kier molecular flexibility index (Phi) is 2.30. The summed E-state index contributed by atoms with van der Waals surface area (Å²) >= 11 is 0. The van der Waals surface area contributed by atoms with Crippen molar-refractivity contribution in [2.45, 2.75) is 25.8 Å². The van der Waals surface area contributed by atoms with Gasteiger partial charge in [-0.2, -0.15) is 0 Å². The van der Waals surface area contributed by atoms with Crippen LogP contribution >= 0.6 is 0 Å². The quantitative estimate of drug-likeness (QED) is 0.685. The molecule has 1 rings (SSSR count). The molecule has 0 fully saturated rings. The molecule has 0 amide bonds. The van der Waals surface area contributed by atoms with E-state index in [0.29, 0.717) is 0 Å². The van der Waals surface area contributed by atoms with Gasteiger partial charge >= 0.3 is 0 Å². The minimum atomic E-state index is -0.165. The number of nitrogens with two attached hydrogens (primary N) is 1. The molecule has 1 unspecified atom stereocenters. The van der Waals surface area contributed by atoms with Gasteiger partial charge < -0.3 is 5.73 Å². The van der Waals surface area contributed by atoms with E-state index < -0.39 is 0 Å². The van der Waals surface area contributed by atoms with Crippen molar-refractivity contribution in [3.8, 4) is 0 Å². The summed E-state index contributed by atoms with van der Waals surface area (Å²) in [6, 6.07) is 10.2. The Morgan fingerprint density at radius 1 is 1.27 bits per heavy atom. The summed E-state index contributed by atoms with van der Waals surface area (Å²) in [5.41, 5.74) is 7.08. The molecule has 1 atom stereocenters. The Morgan fingerprint density at radius 3 is 2.27 bits per heavy atom. The first-order valence-electron chi connectivity index (χ1n) is 4.01. The molecule has 0 saturated heterocycles. The van der Waals surface area contributed by atoms with E-state index in [1.807, 2.05) is 18.2 Å². The summed E-state index contributed by atoms with van der Waals surface area (Å²) in [6.07, 6.45) is 0.969. The average Bonchev–Trinajstić information content (AvgIpc) is 2.06. The molecule has 0 aliphatic heterocycles. The van der Waals surface area contributed by atoms with Crippen molar-refractivity contribution in [2.75, 3.05) is 0 Å². The molecule has 1 nitrogen and oxygen atoms in total. The van der Waals surface area contributed by atoms with E-state index in [-0.39, 0.29) is 5.54 Å². The van der Waals surface area contributed by atoms with Crippen molar-refractivity contribution in [2.24, 2.45) is 5.73 Å². The van der Waals surface area contributed by atoms with Crippen molar-refractivity contribution in [1.82, 2.24) is 0 Å². The van der Waals surface area contributed by atoms with Crippen LogP contribution in [-0.2, 0) is 5.54 Å². The molecule has 0 bridgehead atoms. The number of benzene rings is 1. The molecule has 0 radical (unpaired) electrons. The zero-order valence-electron chi connectivity index (χ0n) is 7.17. The zero-order chi connectivity index (χ0) is 8.32. The Balaban J connectivity index is 2.93. The largest absolute Gasteiger partial charge is 0.322 e. The van der Waals surface area contributed by atoms with Crippen LogP contribution in [0.25, 0.3) is 0 Å². The van der Waals surface area contributed by atoms with Gasteiger partial charge in [0.05, 0.1) is 0 Å². The molecule has 0 aliphatic rings. The molecule has 0 aromatic heterocycles. The summed E-state index contributed by atoms with van der Waals surface area (Å²) in [4.78, 5) is 0. The van der Waals surface area contributed by atoms with Gasteiger partial charge in [-0.05, 0) is 18.9 Å². The molecule has 1 aromatic rings. The fourth-order valence-electron chi connectivity index (χ4n) is 1.02.